The number of carbonyl (C=O) groups excluding carboxylic acids is 2. The van der Waals surface area contributed by atoms with Crippen LogP contribution in [0.3, 0.4) is 0 Å². The minimum Gasteiger partial charge on any atom is -0.484 e. The van der Waals surface area contributed by atoms with Crippen LogP contribution < -0.4 is 10.1 Å². The van der Waals surface area contributed by atoms with Crippen molar-refractivity contribution in [2.45, 2.75) is 0 Å². The summed E-state index contributed by atoms with van der Waals surface area (Å²) < 4.78 is 6.30. The number of nitrogens with one attached hydrogen (secondary N) is 1. The summed E-state index contributed by atoms with van der Waals surface area (Å²) in [6.07, 6.45) is 0. The van der Waals surface area contributed by atoms with Crippen molar-refractivity contribution in [2.24, 2.45) is 0 Å². The standard InChI is InChI=1S/C21H21ClN4O3S/c1-25-8-10-26(11-9-25)20(28)14-2-7-17-18(12-14)30-21(23-17)24-19(27)13-29-16-5-3-15(22)4-6-16/h2-7,12H,8-11,13H2,1H3,(H,23,24,27). The number of ether oxygens (including phenoxy) is 1. The zero-order valence-electron chi connectivity index (χ0n) is 16.4. The number of hydrogen-bond donors (Lipinski definition) is 1. The zero-order valence-corrected chi connectivity index (χ0v) is 18.0. The van der Waals surface area contributed by atoms with E-state index < -0.39 is 0 Å². The molecule has 0 aliphatic carbocycles. The predicted molar refractivity (Wildman–Crippen MR) is 119 cm³/mol. The Kier molecular flexibility index (Phi) is 6.17. The quantitative estimate of drug-likeness (QED) is 0.653. The van der Waals surface area contributed by atoms with Gasteiger partial charge in [0.15, 0.2) is 11.7 Å². The molecule has 30 heavy (non-hydrogen) atoms. The first kappa shape index (κ1) is 20.6. The van der Waals surface area contributed by atoms with Gasteiger partial charge in [0.25, 0.3) is 11.8 Å². The van der Waals surface area contributed by atoms with Crippen LogP contribution in [0, 0.1) is 0 Å². The number of hydrogen-bond acceptors (Lipinski definition) is 6. The molecule has 1 aliphatic heterocycles. The molecule has 1 aliphatic rings. The molecule has 1 aromatic heterocycles. The van der Waals surface area contributed by atoms with Crippen LogP contribution in [-0.2, 0) is 4.79 Å². The lowest BCUT2D eigenvalue weighted by Crippen LogP contribution is -2.47. The normalized spacial score (nSPS) is 14.7. The first-order valence-electron chi connectivity index (χ1n) is 9.54. The fourth-order valence-electron chi connectivity index (χ4n) is 3.14. The van der Waals surface area contributed by atoms with Gasteiger partial charge in [-0.2, -0.15) is 0 Å². The Morgan fingerprint density at radius 3 is 2.60 bits per heavy atom. The van der Waals surface area contributed by atoms with Crippen molar-refractivity contribution in [3.05, 3.63) is 53.1 Å². The number of benzene rings is 2. The van der Waals surface area contributed by atoms with Crippen LogP contribution >= 0.6 is 22.9 Å². The maximum atomic E-state index is 12.8. The van der Waals surface area contributed by atoms with Crippen LogP contribution in [0.5, 0.6) is 5.75 Å². The number of anilines is 1. The second kappa shape index (κ2) is 8.99. The summed E-state index contributed by atoms with van der Waals surface area (Å²) >= 11 is 7.17. The topological polar surface area (TPSA) is 74.8 Å². The fourth-order valence-corrected chi connectivity index (χ4v) is 4.19. The van der Waals surface area contributed by atoms with E-state index in [1.54, 1.807) is 30.3 Å². The number of amides is 2. The number of aromatic nitrogens is 1. The van der Waals surface area contributed by atoms with E-state index >= 15 is 0 Å². The molecule has 1 fully saturated rings. The van der Waals surface area contributed by atoms with E-state index in [0.29, 0.717) is 21.5 Å². The maximum Gasteiger partial charge on any atom is 0.264 e. The minimum atomic E-state index is -0.308. The van der Waals surface area contributed by atoms with Gasteiger partial charge in [-0.1, -0.05) is 22.9 Å². The van der Waals surface area contributed by atoms with Gasteiger partial charge in [-0.25, -0.2) is 4.98 Å². The summed E-state index contributed by atoms with van der Waals surface area (Å²) in [5.74, 6) is 0.281. The smallest absolute Gasteiger partial charge is 0.264 e. The lowest BCUT2D eigenvalue weighted by atomic mass is 10.1. The minimum absolute atomic E-state index is 0.0281. The first-order valence-corrected chi connectivity index (χ1v) is 10.7. The number of carbonyl (C=O) groups is 2. The molecular formula is C21H21ClN4O3S. The summed E-state index contributed by atoms with van der Waals surface area (Å²) in [6, 6.07) is 12.2. The number of halogens is 1. The Labute approximate surface area is 183 Å². The number of piperazine rings is 1. The highest BCUT2D eigenvalue weighted by Crippen LogP contribution is 2.27. The highest BCUT2D eigenvalue weighted by atomic mass is 35.5. The van der Waals surface area contributed by atoms with Gasteiger partial charge < -0.3 is 14.5 Å². The van der Waals surface area contributed by atoms with Gasteiger partial charge in [0.1, 0.15) is 5.75 Å². The molecule has 4 rings (SSSR count). The summed E-state index contributed by atoms with van der Waals surface area (Å²) in [5, 5.41) is 3.82. The lowest BCUT2D eigenvalue weighted by Gasteiger charge is -2.32. The van der Waals surface area contributed by atoms with Crippen LogP contribution in [0.2, 0.25) is 5.02 Å². The number of fused-ring (bicyclic) bond motifs is 1. The molecule has 2 amide bonds. The molecule has 0 saturated carbocycles. The van der Waals surface area contributed by atoms with E-state index in [1.165, 1.54) is 11.3 Å². The Balaban J connectivity index is 1.39. The van der Waals surface area contributed by atoms with Crippen molar-refractivity contribution in [1.29, 1.82) is 0 Å². The Morgan fingerprint density at radius 1 is 1.13 bits per heavy atom. The number of nitrogens with zero attached hydrogens (tertiary/aromatic N) is 3. The van der Waals surface area contributed by atoms with E-state index in [0.717, 1.165) is 36.4 Å². The van der Waals surface area contributed by atoms with Gasteiger partial charge in [-0.15, -0.1) is 0 Å². The molecule has 2 aromatic carbocycles. The molecule has 2 heterocycles. The number of likely N-dealkylation sites (N-methyl/N-ethyl adjacent to an activating group) is 1. The summed E-state index contributed by atoms with van der Waals surface area (Å²) in [7, 11) is 2.06. The average Bonchev–Trinajstić information content (AvgIpc) is 3.14. The van der Waals surface area contributed by atoms with Crippen LogP contribution in [-0.4, -0.2) is 66.4 Å². The molecule has 3 aromatic rings. The third-order valence-electron chi connectivity index (χ3n) is 4.86. The lowest BCUT2D eigenvalue weighted by molar-refractivity contribution is -0.118. The predicted octanol–water partition coefficient (Wildman–Crippen LogP) is 3.35. The molecule has 0 radical (unpaired) electrons. The number of rotatable bonds is 5. The van der Waals surface area contributed by atoms with Crippen LogP contribution in [0.25, 0.3) is 10.2 Å². The number of thiazole rings is 1. The largest absolute Gasteiger partial charge is 0.484 e. The highest BCUT2D eigenvalue weighted by Gasteiger charge is 2.21. The first-order chi connectivity index (χ1) is 14.5. The molecule has 1 N–H and O–H groups in total. The molecule has 9 heteroatoms. The summed E-state index contributed by atoms with van der Waals surface area (Å²) in [6.45, 7) is 3.08. The molecule has 0 atom stereocenters. The summed E-state index contributed by atoms with van der Waals surface area (Å²) in [5.41, 5.74) is 1.38. The van der Waals surface area contributed by atoms with Crippen LogP contribution in [0.4, 0.5) is 5.13 Å². The van der Waals surface area contributed by atoms with Gasteiger partial charge in [0.2, 0.25) is 0 Å². The second-order valence-corrected chi connectivity index (χ2v) is 8.55. The molecule has 0 unspecified atom stereocenters. The Bertz CT molecular complexity index is 1060. The fraction of sp³-hybridized carbons (Fsp3) is 0.286. The van der Waals surface area contributed by atoms with Gasteiger partial charge in [0, 0.05) is 36.8 Å². The van der Waals surface area contributed by atoms with Crippen molar-refractivity contribution in [1.82, 2.24) is 14.8 Å². The van der Waals surface area contributed by atoms with Crippen molar-refractivity contribution in [2.75, 3.05) is 45.2 Å². The van der Waals surface area contributed by atoms with E-state index in [9.17, 15) is 9.59 Å². The third kappa shape index (κ3) is 4.89. The van der Waals surface area contributed by atoms with Gasteiger partial charge in [-0.3, -0.25) is 14.9 Å². The van der Waals surface area contributed by atoms with Gasteiger partial charge in [0.05, 0.1) is 10.2 Å². The Hall–Kier alpha value is -2.68. The van der Waals surface area contributed by atoms with Crippen LogP contribution in [0.15, 0.2) is 42.5 Å². The van der Waals surface area contributed by atoms with Crippen molar-refractivity contribution in [3.8, 4) is 5.75 Å². The average molecular weight is 445 g/mol. The molecule has 0 spiro atoms. The van der Waals surface area contributed by atoms with E-state index in [1.807, 2.05) is 17.0 Å². The molecular weight excluding hydrogens is 424 g/mol. The van der Waals surface area contributed by atoms with Crippen molar-refractivity contribution < 1.29 is 14.3 Å². The molecule has 1 saturated heterocycles. The monoisotopic (exact) mass is 444 g/mol. The molecule has 0 bridgehead atoms. The van der Waals surface area contributed by atoms with Crippen LogP contribution in [0.1, 0.15) is 10.4 Å². The third-order valence-corrected chi connectivity index (χ3v) is 6.04. The molecule has 156 valence electrons. The Morgan fingerprint density at radius 2 is 1.87 bits per heavy atom. The van der Waals surface area contributed by atoms with Gasteiger partial charge >= 0.3 is 0 Å². The van der Waals surface area contributed by atoms with Gasteiger partial charge in [-0.05, 0) is 49.5 Å². The highest BCUT2D eigenvalue weighted by molar-refractivity contribution is 7.22. The molecule has 7 nitrogen and oxygen atoms in total. The SMILES string of the molecule is CN1CCN(C(=O)c2ccc3nc(NC(=O)COc4ccc(Cl)cc4)sc3c2)CC1. The van der Waals surface area contributed by atoms with E-state index in [2.05, 4.69) is 22.2 Å². The van der Waals surface area contributed by atoms with Crippen molar-refractivity contribution >= 4 is 50.1 Å². The van der Waals surface area contributed by atoms with Crippen molar-refractivity contribution in [3.63, 3.8) is 0 Å². The zero-order chi connectivity index (χ0) is 21.1. The maximum absolute atomic E-state index is 12.8. The summed E-state index contributed by atoms with van der Waals surface area (Å²) in [4.78, 5) is 33.5. The van der Waals surface area contributed by atoms with E-state index in [-0.39, 0.29) is 18.4 Å². The van der Waals surface area contributed by atoms with E-state index in [4.69, 9.17) is 16.3 Å². The second-order valence-electron chi connectivity index (χ2n) is 7.09.